The zero-order chi connectivity index (χ0) is 9.97. The predicted octanol–water partition coefficient (Wildman–Crippen LogP) is 2.32. The molecular formula is C12H14O2. The molecule has 0 aromatic heterocycles. The van der Waals surface area contributed by atoms with E-state index >= 15 is 0 Å². The monoisotopic (exact) mass is 190 g/mol. The molecule has 2 nitrogen and oxygen atoms in total. The highest BCUT2D eigenvalue weighted by Crippen LogP contribution is 2.28. The van der Waals surface area contributed by atoms with Gasteiger partial charge in [-0.2, -0.15) is 0 Å². The third-order valence-corrected chi connectivity index (χ3v) is 2.61. The molecule has 0 radical (unpaired) electrons. The number of methoxy groups -OCH3 is 2. The molecule has 0 amide bonds. The molecule has 0 heterocycles. The van der Waals surface area contributed by atoms with Crippen LogP contribution in [0.4, 0.5) is 0 Å². The highest BCUT2D eigenvalue weighted by atomic mass is 16.5. The number of fused-ring (bicyclic) bond motifs is 1. The molecule has 14 heavy (non-hydrogen) atoms. The van der Waals surface area contributed by atoms with E-state index in [0.717, 1.165) is 24.4 Å². The maximum atomic E-state index is 5.31. The van der Waals surface area contributed by atoms with Gasteiger partial charge in [-0.3, -0.25) is 0 Å². The average Bonchev–Trinajstić information content (AvgIpc) is 2.27. The summed E-state index contributed by atoms with van der Waals surface area (Å²) in [6.45, 7) is 0. The number of rotatable bonds is 2. The van der Waals surface area contributed by atoms with Crippen LogP contribution in [-0.2, 0) is 17.6 Å². The smallest absolute Gasteiger partial charge is 0.122 e. The summed E-state index contributed by atoms with van der Waals surface area (Å²) in [6, 6.07) is 6.16. The van der Waals surface area contributed by atoms with Crippen LogP contribution >= 0.6 is 0 Å². The maximum Gasteiger partial charge on any atom is 0.122 e. The largest absolute Gasteiger partial charge is 0.501 e. The third kappa shape index (κ3) is 1.48. The van der Waals surface area contributed by atoms with E-state index in [0.29, 0.717) is 0 Å². The van der Waals surface area contributed by atoms with Gasteiger partial charge in [0.05, 0.1) is 20.0 Å². The first-order valence-corrected chi connectivity index (χ1v) is 4.73. The summed E-state index contributed by atoms with van der Waals surface area (Å²) in [7, 11) is 3.43. The first kappa shape index (κ1) is 9.13. The van der Waals surface area contributed by atoms with Crippen molar-refractivity contribution in [2.75, 3.05) is 14.2 Å². The fourth-order valence-electron chi connectivity index (χ4n) is 1.83. The SMILES string of the molecule is COC1=CCc2c(cccc2OC)C1. The number of hydrogen-bond donors (Lipinski definition) is 0. The molecule has 1 aromatic carbocycles. The van der Waals surface area contributed by atoms with E-state index in [1.54, 1.807) is 14.2 Å². The second kappa shape index (κ2) is 3.74. The van der Waals surface area contributed by atoms with E-state index in [2.05, 4.69) is 12.1 Å². The van der Waals surface area contributed by atoms with Gasteiger partial charge in [-0.25, -0.2) is 0 Å². The normalized spacial score (nSPS) is 14.3. The van der Waals surface area contributed by atoms with Gasteiger partial charge in [-0.15, -0.1) is 0 Å². The summed E-state index contributed by atoms with van der Waals surface area (Å²) in [5.41, 5.74) is 2.60. The molecule has 1 aliphatic carbocycles. The fourth-order valence-corrected chi connectivity index (χ4v) is 1.83. The van der Waals surface area contributed by atoms with E-state index in [1.165, 1.54) is 11.1 Å². The standard InChI is InChI=1S/C12H14O2/c1-13-10-6-7-11-9(8-10)4-3-5-12(11)14-2/h3-6H,7-8H2,1-2H3. The van der Waals surface area contributed by atoms with Crippen LogP contribution in [0.1, 0.15) is 11.1 Å². The van der Waals surface area contributed by atoms with E-state index in [4.69, 9.17) is 9.47 Å². The van der Waals surface area contributed by atoms with E-state index in [-0.39, 0.29) is 0 Å². The van der Waals surface area contributed by atoms with E-state index in [9.17, 15) is 0 Å². The number of benzene rings is 1. The Morgan fingerprint density at radius 1 is 1.14 bits per heavy atom. The van der Waals surface area contributed by atoms with Crippen LogP contribution in [0.15, 0.2) is 30.0 Å². The molecule has 0 saturated heterocycles. The first-order valence-electron chi connectivity index (χ1n) is 4.73. The summed E-state index contributed by atoms with van der Waals surface area (Å²) in [5, 5.41) is 0. The molecule has 74 valence electrons. The van der Waals surface area contributed by atoms with Crippen molar-refractivity contribution in [3.05, 3.63) is 41.2 Å². The van der Waals surface area contributed by atoms with Crippen molar-refractivity contribution in [2.45, 2.75) is 12.8 Å². The Hall–Kier alpha value is -1.44. The molecule has 0 N–H and O–H groups in total. The highest BCUT2D eigenvalue weighted by molar-refractivity contribution is 5.45. The van der Waals surface area contributed by atoms with Crippen molar-refractivity contribution in [3.63, 3.8) is 0 Å². The Morgan fingerprint density at radius 2 is 2.00 bits per heavy atom. The minimum Gasteiger partial charge on any atom is -0.501 e. The molecule has 0 saturated carbocycles. The van der Waals surface area contributed by atoms with Gasteiger partial charge in [0.2, 0.25) is 0 Å². The van der Waals surface area contributed by atoms with Gasteiger partial charge in [0.1, 0.15) is 5.75 Å². The van der Waals surface area contributed by atoms with Crippen LogP contribution in [-0.4, -0.2) is 14.2 Å². The Bertz CT molecular complexity index is 367. The molecular weight excluding hydrogens is 176 g/mol. The zero-order valence-corrected chi connectivity index (χ0v) is 8.54. The molecule has 0 unspecified atom stereocenters. The van der Waals surface area contributed by atoms with Gasteiger partial charge in [0, 0.05) is 12.0 Å². The predicted molar refractivity (Wildman–Crippen MR) is 55.5 cm³/mol. The first-order chi connectivity index (χ1) is 6.85. The van der Waals surface area contributed by atoms with Gasteiger partial charge in [0.15, 0.2) is 0 Å². The topological polar surface area (TPSA) is 18.5 Å². The number of allylic oxidation sites excluding steroid dienone is 2. The fraction of sp³-hybridized carbons (Fsp3) is 0.333. The van der Waals surface area contributed by atoms with Crippen molar-refractivity contribution in [1.82, 2.24) is 0 Å². The molecule has 2 heteroatoms. The lowest BCUT2D eigenvalue weighted by molar-refractivity contribution is 0.279. The van der Waals surface area contributed by atoms with Crippen LogP contribution < -0.4 is 4.74 Å². The van der Waals surface area contributed by atoms with Crippen molar-refractivity contribution in [3.8, 4) is 5.75 Å². The lowest BCUT2D eigenvalue weighted by Gasteiger charge is -2.18. The van der Waals surface area contributed by atoms with Crippen molar-refractivity contribution in [1.29, 1.82) is 0 Å². The highest BCUT2D eigenvalue weighted by Gasteiger charge is 2.14. The second-order valence-electron chi connectivity index (χ2n) is 3.35. The summed E-state index contributed by atoms with van der Waals surface area (Å²) in [5.74, 6) is 2.03. The van der Waals surface area contributed by atoms with Gasteiger partial charge >= 0.3 is 0 Å². The molecule has 1 aromatic rings. The molecule has 0 spiro atoms. The van der Waals surface area contributed by atoms with E-state index in [1.807, 2.05) is 12.1 Å². The van der Waals surface area contributed by atoms with E-state index < -0.39 is 0 Å². The van der Waals surface area contributed by atoms with Gasteiger partial charge < -0.3 is 9.47 Å². The lowest BCUT2D eigenvalue weighted by Crippen LogP contribution is -2.06. The Labute approximate surface area is 84.2 Å². The van der Waals surface area contributed by atoms with Crippen LogP contribution in [0, 0.1) is 0 Å². The lowest BCUT2D eigenvalue weighted by atomic mass is 9.95. The zero-order valence-electron chi connectivity index (χ0n) is 8.54. The summed E-state index contributed by atoms with van der Waals surface area (Å²) >= 11 is 0. The number of ether oxygens (including phenoxy) is 2. The average molecular weight is 190 g/mol. The molecule has 0 atom stereocenters. The minimum absolute atomic E-state index is 0.878. The Kier molecular flexibility index (Phi) is 2.44. The minimum atomic E-state index is 0.878. The van der Waals surface area contributed by atoms with Crippen molar-refractivity contribution >= 4 is 0 Å². The van der Waals surface area contributed by atoms with Gasteiger partial charge in [0.25, 0.3) is 0 Å². The summed E-state index contributed by atoms with van der Waals surface area (Å²) < 4.78 is 10.6. The second-order valence-corrected chi connectivity index (χ2v) is 3.35. The molecule has 0 aliphatic heterocycles. The molecule has 0 bridgehead atoms. The Balaban J connectivity index is 2.36. The van der Waals surface area contributed by atoms with Crippen LogP contribution in [0.5, 0.6) is 5.75 Å². The van der Waals surface area contributed by atoms with Crippen LogP contribution in [0.3, 0.4) is 0 Å². The quantitative estimate of drug-likeness (QED) is 0.712. The number of hydrogen-bond acceptors (Lipinski definition) is 2. The van der Waals surface area contributed by atoms with Gasteiger partial charge in [-0.05, 0) is 24.1 Å². The Morgan fingerprint density at radius 3 is 2.71 bits per heavy atom. The van der Waals surface area contributed by atoms with Crippen LogP contribution in [0.25, 0.3) is 0 Å². The van der Waals surface area contributed by atoms with Crippen LogP contribution in [0.2, 0.25) is 0 Å². The molecule has 0 fully saturated rings. The summed E-state index contributed by atoms with van der Waals surface area (Å²) in [4.78, 5) is 0. The molecule has 2 rings (SSSR count). The van der Waals surface area contributed by atoms with Gasteiger partial charge in [-0.1, -0.05) is 12.1 Å². The third-order valence-electron chi connectivity index (χ3n) is 2.61. The summed E-state index contributed by atoms with van der Waals surface area (Å²) in [6.07, 6.45) is 3.90. The van der Waals surface area contributed by atoms with Crippen molar-refractivity contribution < 1.29 is 9.47 Å². The van der Waals surface area contributed by atoms with Crippen molar-refractivity contribution in [2.24, 2.45) is 0 Å². The molecule has 1 aliphatic rings. The maximum absolute atomic E-state index is 5.31.